The zero-order valence-corrected chi connectivity index (χ0v) is 19.6. The Bertz CT molecular complexity index is 1180. The van der Waals surface area contributed by atoms with E-state index in [1.165, 1.54) is 28.6 Å². The van der Waals surface area contributed by atoms with Gasteiger partial charge in [-0.1, -0.05) is 41.9 Å². The summed E-state index contributed by atoms with van der Waals surface area (Å²) < 4.78 is 34.3. The first kappa shape index (κ1) is 23.3. The average Bonchev–Trinajstić information content (AvgIpc) is 3.03. The van der Waals surface area contributed by atoms with Crippen LogP contribution in [0.5, 0.6) is 11.5 Å². The van der Waals surface area contributed by atoms with Gasteiger partial charge in [-0.3, -0.25) is 4.79 Å². The van der Waals surface area contributed by atoms with Crippen LogP contribution in [0.25, 0.3) is 0 Å². The van der Waals surface area contributed by atoms with Crippen LogP contribution in [0.4, 0.5) is 0 Å². The Hall–Kier alpha value is -2.87. The summed E-state index contributed by atoms with van der Waals surface area (Å²) in [5.41, 5.74) is 0.755. The number of halogens is 1. The molecule has 8 heteroatoms. The number of hydrogen-bond acceptors (Lipinski definition) is 4. The van der Waals surface area contributed by atoms with Crippen LogP contribution in [0.15, 0.2) is 83.8 Å². The fraction of sp³-hybridized carbons (Fsp3) is 0.240. The van der Waals surface area contributed by atoms with Crippen LogP contribution in [-0.2, 0) is 21.4 Å². The number of hydrogen-bond donors (Lipinski definition) is 1. The second-order valence-corrected chi connectivity index (χ2v) is 10.2. The maximum Gasteiger partial charge on any atom is 0.244 e. The highest BCUT2D eigenvalue weighted by atomic mass is 35.5. The van der Waals surface area contributed by atoms with Gasteiger partial charge in [-0.15, -0.1) is 0 Å². The average molecular weight is 485 g/mol. The molecule has 4 rings (SSSR count). The molecule has 3 aromatic carbocycles. The molecule has 0 radical (unpaired) electrons. The Balaban J connectivity index is 1.62. The Morgan fingerprint density at radius 1 is 0.909 bits per heavy atom. The van der Waals surface area contributed by atoms with Crippen molar-refractivity contribution in [1.82, 2.24) is 9.62 Å². The minimum atomic E-state index is -3.94. The molecule has 6 nitrogen and oxygen atoms in total. The van der Waals surface area contributed by atoms with E-state index in [2.05, 4.69) is 5.32 Å². The van der Waals surface area contributed by atoms with Gasteiger partial charge < -0.3 is 10.1 Å². The quantitative estimate of drug-likeness (QED) is 0.512. The van der Waals surface area contributed by atoms with Crippen molar-refractivity contribution < 1.29 is 17.9 Å². The van der Waals surface area contributed by atoms with E-state index < -0.39 is 16.1 Å². The number of carbonyl (C=O) groups excluding carboxylic acids is 1. The number of para-hydroxylation sites is 1. The summed E-state index contributed by atoms with van der Waals surface area (Å²) >= 11 is 5.95. The lowest BCUT2D eigenvalue weighted by Gasteiger charge is -2.29. The molecule has 172 valence electrons. The molecule has 0 spiro atoms. The first-order valence-electron chi connectivity index (χ1n) is 10.8. The minimum Gasteiger partial charge on any atom is -0.457 e. The van der Waals surface area contributed by atoms with Crippen LogP contribution in [0.1, 0.15) is 24.8 Å². The summed E-state index contributed by atoms with van der Waals surface area (Å²) in [6.45, 7) is 0.615. The first-order chi connectivity index (χ1) is 15.9. The molecule has 1 N–H and O–H groups in total. The van der Waals surface area contributed by atoms with Crippen LogP contribution >= 0.6 is 11.6 Å². The van der Waals surface area contributed by atoms with Gasteiger partial charge in [0.15, 0.2) is 0 Å². The van der Waals surface area contributed by atoms with E-state index in [1.807, 2.05) is 42.5 Å². The molecule has 1 amide bonds. The second-order valence-electron chi connectivity index (χ2n) is 7.87. The van der Waals surface area contributed by atoms with Gasteiger partial charge in [0, 0.05) is 18.1 Å². The highest BCUT2D eigenvalue weighted by Crippen LogP contribution is 2.27. The smallest absolute Gasteiger partial charge is 0.244 e. The molecule has 0 saturated carbocycles. The molecule has 0 bridgehead atoms. The summed E-state index contributed by atoms with van der Waals surface area (Å²) in [7, 11) is -3.94. The Kier molecular flexibility index (Phi) is 7.33. The van der Waals surface area contributed by atoms with Gasteiger partial charge in [-0.05, 0) is 73.4 Å². The Labute approximate surface area is 199 Å². The fourth-order valence-corrected chi connectivity index (χ4v) is 5.50. The summed E-state index contributed by atoms with van der Waals surface area (Å²) in [5, 5.41) is 3.29. The monoisotopic (exact) mass is 484 g/mol. The number of nitrogens with one attached hydrogen (secondary N) is 1. The van der Waals surface area contributed by atoms with Crippen molar-refractivity contribution in [2.75, 3.05) is 6.54 Å². The number of ether oxygens (including phenoxy) is 1. The zero-order chi connectivity index (χ0) is 23.3. The van der Waals surface area contributed by atoms with Crippen molar-refractivity contribution in [3.8, 4) is 11.5 Å². The molecular weight excluding hydrogens is 460 g/mol. The van der Waals surface area contributed by atoms with Gasteiger partial charge in [0.1, 0.15) is 17.5 Å². The number of amides is 1. The van der Waals surface area contributed by atoms with Gasteiger partial charge in [0.2, 0.25) is 15.9 Å². The third-order valence-electron chi connectivity index (χ3n) is 5.51. The molecule has 1 heterocycles. The Morgan fingerprint density at radius 2 is 1.58 bits per heavy atom. The van der Waals surface area contributed by atoms with Crippen LogP contribution in [-0.4, -0.2) is 31.2 Å². The van der Waals surface area contributed by atoms with Gasteiger partial charge in [0.25, 0.3) is 0 Å². The van der Waals surface area contributed by atoms with Gasteiger partial charge in [0.05, 0.1) is 4.90 Å². The largest absolute Gasteiger partial charge is 0.457 e. The molecule has 0 aromatic heterocycles. The lowest BCUT2D eigenvalue weighted by molar-refractivity contribution is -0.124. The van der Waals surface area contributed by atoms with E-state index in [-0.39, 0.29) is 17.3 Å². The van der Waals surface area contributed by atoms with Crippen LogP contribution < -0.4 is 10.1 Å². The topological polar surface area (TPSA) is 75.7 Å². The van der Waals surface area contributed by atoms with E-state index in [4.69, 9.17) is 16.3 Å². The lowest BCUT2D eigenvalue weighted by Crippen LogP contribution is -2.48. The molecule has 1 atom stereocenters. The summed E-state index contributed by atoms with van der Waals surface area (Å²) in [4.78, 5) is 12.9. The van der Waals surface area contributed by atoms with E-state index in [9.17, 15) is 13.2 Å². The molecule has 1 unspecified atom stereocenters. The summed E-state index contributed by atoms with van der Waals surface area (Å²) in [6.07, 6.45) is 2.05. The van der Waals surface area contributed by atoms with Crippen molar-refractivity contribution in [2.24, 2.45) is 0 Å². The highest BCUT2D eigenvalue weighted by molar-refractivity contribution is 7.89. The molecule has 1 aliphatic heterocycles. The minimum absolute atomic E-state index is 0.0642. The lowest BCUT2D eigenvalue weighted by atomic mass is 10.1. The molecule has 3 aromatic rings. The third kappa shape index (κ3) is 5.74. The predicted molar refractivity (Wildman–Crippen MR) is 128 cm³/mol. The van der Waals surface area contributed by atoms with Crippen molar-refractivity contribution in [2.45, 2.75) is 36.7 Å². The van der Waals surface area contributed by atoms with Crippen LogP contribution in [0.2, 0.25) is 5.02 Å². The highest BCUT2D eigenvalue weighted by Gasteiger charge is 2.36. The standard InChI is InChI=1S/C25H25ClN2O4S/c26-20-11-15-23(16-12-20)33(30,31)28(24-8-4-5-17-27-25(24)29)18-19-9-13-22(14-10-19)32-21-6-2-1-3-7-21/h1-3,6-7,9-16,24H,4-5,8,17-18H2,(H,27,29). The second kappa shape index (κ2) is 10.4. The number of benzene rings is 3. The van der Waals surface area contributed by atoms with Gasteiger partial charge in [-0.2, -0.15) is 4.31 Å². The van der Waals surface area contributed by atoms with Crippen molar-refractivity contribution in [1.29, 1.82) is 0 Å². The predicted octanol–water partition coefficient (Wildman–Crippen LogP) is 4.99. The molecule has 1 fully saturated rings. The van der Waals surface area contributed by atoms with Crippen molar-refractivity contribution >= 4 is 27.5 Å². The summed E-state index contributed by atoms with van der Waals surface area (Å²) in [6, 6.07) is 21.9. The SMILES string of the molecule is O=C1NCCCCC1N(Cc1ccc(Oc2ccccc2)cc1)S(=O)(=O)c1ccc(Cl)cc1. The third-order valence-corrected chi connectivity index (χ3v) is 7.64. The van der Waals surface area contributed by atoms with Gasteiger partial charge >= 0.3 is 0 Å². The van der Waals surface area contributed by atoms with Crippen LogP contribution in [0.3, 0.4) is 0 Å². The number of carbonyl (C=O) groups is 1. The van der Waals surface area contributed by atoms with Crippen molar-refractivity contribution in [3.05, 3.63) is 89.4 Å². The Morgan fingerprint density at radius 3 is 2.27 bits per heavy atom. The zero-order valence-electron chi connectivity index (χ0n) is 18.0. The number of nitrogens with zero attached hydrogens (tertiary/aromatic N) is 1. The number of sulfonamides is 1. The van der Waals surface area contributed by atoms with E-state index in [0.29, 0.717) is 29.5 Å². The molecule has 1 aliphatic rings. The van der Waals surface area contributed by atoms with Crippen molar-refractivity contribution in [3.63, 3.8) is 0 Å². The molecule has 0 aliphatic carbocycles. The van der Waals surface area contributed by atoms with E-state index >= 15 is 0 Å². The number of rotatable bonds is 7. The van der Waals surface area contributed by atoms with E-state index in [1.54, 1.807) is 12.1 Å². The van der Waals surface area contributed by atoms with E-state index in [0.717, 1.165) is 18.4 Å². The maximum absolute atomic E-state index is 13.6. The fourth-order valence-electron chi connectivity index (χ4n) is 3.77. The first-order valence-corrected chi connectivity index (χ1v) is 12.6. The molecule has 33 heavy (non-hydrogen) atoms. The van der Waals surface area contributed by atoms with Gasteiger partial charge in [-0.25, -0.2) is 8.42 Å². The normalized spacial score (nSPS) is 16.8. The molecular formula is C25H25ClN2O4S. The van der Waals surface area contributed by atoms with Crippen LogP contribution in [0, 0.1) is 0 Å². The molecule has 1 saturated heterocycles. The maximum atomic E-state index is 13.6. The summed E-state index contributed by atoms with van der Waals surface area (Å²) in [5.74, 6) is 1.09.